The monoisotopic (exact) mass is 577 g/mol. The van der Waals surface area contributed by atoms with E-state index in [0.717, 1.165) is 43.4 Å². The molecule has 42 heavy (non-hydrogen) atoms. The summed E-state index contributed by atoms with van der Waals surface area (Å²) < 4.78 is 13.1. The predicted octanol–water partition coefficient (Wildman–Crippen LogP) is 6.82. The van der Waals surface area contributed by atoms with Crippen LogP contribution in [0.15, 0.2) is 24.3 Å². The Bertz CT molecular complexity index is 1010. The zero-order valence-corrected chi connectivity index (χ0v) is 26.9. The maximum atomic E-state index is 6.66. The van der Waals surface area contributed by atoms with Gasteiger partial charge in [0.2, 0.25) is 0 Å². The van der Waals surface area contributed by atoms with E-state index in [9.17, 15) is 0 Å². The van der Waals surface area contributed by atoms with Crippen LogP contribution in [-0.4, -0.2) is 61.1 Å². The topological polar surface area (TPSA) is 45.8 Å². The summed E-state index contributed by atoms with van der Waals surface area (Å²) in [6.07, 6.45) is 18.2. The second-order valence-corrected chi connectivity index (χ2v) is 16.0. The number of hydrogen-bond donors (Lipinski definition) is 2. The lowest BCUT2D eigenvalue weighted by Crippen LogP contribution is -2.68. The van der Waals surface area contributed by atoms with Crippen molar-refractivity contribution in [3.63, 3.8) is 0 Å². The molecule has 2 bridgehead atoms. The molecular formula is C37H59N3O2. The highest BCUT2D eigenvalue weighted by molar-refractivity contribution is 5.20. The van der Waals surface area contributed by atoms with Crippen LogP contribution in [0.2, 0.25) is 0 Å². The molecule has 2 N–H and O–H groups in total. The Balaban J connectivity index is 0.877. The first-order valence-electron chi connectivity index (χ1n) is 17.9. The Morgan fingerprint density at radius 1 is 0.810 bits per heavy atom. The molecule has 5 nitrogen and oxygen atoms in total. The molecule has 0 radical (unpaired) electrons. The predicted molar refractivity (Wildman–Crippen MR) is 170 cm³/mol. The van der Waals surface area contributed by atoms with Crippen LogP contribution in [0.5, 0.6) is 0 Å². The quantitative estimate of drug-likeness (QED) is 0.355. The van der Waals surface area contributed by atoms with Crippen LogP contribution in [0.3, 0.4) is 0 Å². The summed E-state index contributed by atoms with van der Waals surface area (Å²) in [5, 5.41) is 8.14. The molecule has 7 aliphatic rings. The van der Waals surface area contributed by atoms with Gasteiger partial charge in [-0.15, -0.1) is 0 Å². The number of nitrogens with zero attached hydrogens (tertiary/aromatic N) is 1. The van der Waals surface area contributed by atoms with Gasteiger partial charge in [-0.2, -0.15) is 0 Å². The van der Waals surface area contributed by atoms with E-state index in [1.807, 2.05) is 0 Å². The van der Waals surface area contributed by atoms with E-state index in [1.165, 1.54) is 108 Å². The third kappa shape index (κ3) is 6.38. The number of piperidine rings is 1. The summed E-state index contributed by atoms with van der Waals surface area (Å²) in [5.41, 5.74) is 3.49. The Labute approximate surface area is 256 Å². The molecule has 7 fully saturated rings. The highest BCUT2D eigenvalue weighted by atomic mass is 16.5. The van der Waals surface area contributed by atoms with Crippen molar-refractivity contribution in [1.29, 1.82) is 0 Å². The van der Waals surface area contributed by atoms with Gasteiger partial charge in [-0.3, -0.25) is 10.6 Å². The Morgan fingerprint density at radius 2 is 1.50 bits per heavy atom. The maximum Gasteiger partial charge on any atom is 0.0720 e. The minimum absolute atomic E-state index is 0.228. The molecule has 0 aromatic heterocycles. The van der Waals surface area contributed by atoms with Crippen LogP contribution >= 0.6 is 0 Å². The number of aryl methyl sites for hydroxylation is 1. The number of nitrogens with one attached hydrogen (secondary N) is 2. The van der Waals surface area contributed by atoms with Gasteiger partial charge in [0.05, 0.1) is 31.1 Å². The second kappa shape index (κ2) is 12.4. The van der Waals surface area contributed by atoms with E-state index in [1.54, 1.807) is 0 Å². The molecule has 5 heteroatoms. The zero-order chi connectivity index (χ0) is 28.7. The highest BCUT2D eigenvalue weighted by Crippen LogP contribution is 2.53. The first kappa shape index (κ1) is 29.7. The molecule has 5 saturated carbocycles. The third-order valence-corrected chi connectivity index (χ3v) is 13.2. The summed E-state index contributed by atoms with van der Waals surface area (Å²) in [4.78, 5) is 2.71. The van der Waals surface area contributed by atoms with Crippen LogP contribution in [0.25, 0.3) is 0 Å². The van der Waals surface area contributed by atoms with E-state index in [2.05, 4.69) is 60.6 Å². The molecule has 234 valence electrons. The summed E-state index contributed by atoms with van der Waals surface area (Å²) in [7, 11) is 0. The van der Waals surface area contributed by atoms with Crippen LogP contribution in [0.4, 0.5) is 0 Å². The fraction of sp³-hybridized carbons (Fsp3) is 0.838. The van der Waals surface area contributed by atoms with Crippen molar-refractivity contribution in [1.82, 2.24) is 15.5 Å². The molecule has 7 unspecified atom stereocenters. The van der Waals surface area contributed by atoms with E-state index in [4.69, 9.17) is 9.47 Å². The first-order chi connectivity index (χ1) is 20.4. The van der Waals surface area contributed by atoms with E-state index in [0.29, 0.717) is 29.8 Å². The van der Waals surface area contributed by atoms with E-state index < -0.39 is 0 Å². The molecule has 0 spiro atoms. The van der Waals surface area contributed by atoms with Gasteiger partial charge in [0.1, 0.15) is 0 Å². The fourth-order valence-corrected chi connectivity index (χ4v) is 10.4. The van der Waals surface area contributed by atoms with Gasteiger partial charge >= 0.3 is 0 Å². The molecular weight excluding hydrogens is 518 g/mol. The number of ether oxygens (including phenoxy) is 2. The van der Waals surface area contributed by atoms with Gasteiger partial charge in [-0.25, -0.2) is 0 Å². The lowest BCUT2D eigenvalue weighted by atomic mass is 9.59. The largest absolute Gasteiger partial charge is 0.374 e. The number of benzene rings is 1. The second-order valence-electron chi connectivity index (χ2n) is 16.0. The molecule has 7 atom stereocenters. The molecule has 1 aromatic carbocycles. The average molecular weight is 578 g/mol. The molecule has 2 heterocycles. The maximum absolute atomic E-state index is 6.66. The van der Waals surface area contributed by atoms with Crippen LogP contribution in [-0.2, 0) is 16.1 Å². The van der Waals surface area contributed by atoms with Crippen molar-refractivity contribution in [3.05, 3.63) is 35.4 Å². The summed E-state index contributed by atoms with van der Waals surface area (Å²) >= 11 is 0. The first-order valence-corrected chi connectivity index (χ1v) is 17.9. The number of hydrogen-bond acceptors (Lipinski definition) is 5. The van der Waals surface area contributed by atoms with Gasteiger partial charge < -0.3 is 14.4 Å². The number of likely N-dealkylation sites (tertiary alicyclic amines) is 1. The summed E-state index contributed by atoms with van der Waals surface area (Å²) in [5.74, 6) is 3.25. The Morgan fingerprint density at radius 3 is 2.24 bits per heavy atom. The highest BCUT2D eigenvalue weighted by Gasteiger charge is 2.50. The SMILES string of the molecule is Cc1ccc(COC2CCC3C(CCC4C(C5CCN(CCOC67CCC(C)(CC6)CC7)CC5)NC(C)NC34)C2)cc1. The molecule has 2 saturated heterocycles. The zero-order valence-electron chi connectivity index (χ0n) is 26.9. The standard InChI is InChI=1S/C37H59N3O2/c1-26-4-6-28(7-5-26)25-41-31-9-11-32-30(24-31)8-10-33-34(38-27(2)39-35(32)33)29-12-20-40(21-13-29)22-23-42-37-17-14-36(3,15-18-37)16-19-37/h4-7,27,29-35,38-39H,8-25H2,1-3H3. The van der Waals surface area contributed by atoms with Gasteiger partial charge in [-0.1, -0.05) is 36.8 Å². The fourth-order valence-electron chi connectivity index (χ4n) is 10.4. The van der Waals surface area contributed by atoms with Gasteiger partial charge in [-0.05, 0) is 145 Å². The normalized spacial score (nSPS) is 42.7. The van der Waals surface area contributed by atoms with E-state index >= 15 is 0 Å². The van der Waals surface area contributed by atoms with Crippen LogP contribution in [0.1, 0.15) is 108 Å². The number of rotatable bonds is 8. The van der Waals surface area contributed by atoms with Crippen LogP contribution in [0, 0.1) is 36.0 Å². The minimum Gasteiger partial charge on any atom is -0.374 e. The smallest absolute Gasteiger partial charge is 0.0720 e. The molecule has 8 rings (SSSR count). The van der Waals surface area contributed by atoms with E-state index in [-0.39, 0.29) is 5.60 Å². The average Bonchev–Trinajstić information content (AvgIpc) is 3.01. The summed E-state index contributed by atoms with van der Waals surface area (Å²) in [6, 6.07) is 10.2. The third-order valence-electron chi connectivity index (χ3n) is 13.2. The van der Waals surface area contributed by atoms with Gasteiger partial charge in [0.25, 0.3) is 0 Å². The molecule has 0 amide bonds. The lowest BCUT2D eigenvalue weighted by Gasteiger charge is -2.55. The minimum atomic E-state index is 0.228. The van der Waals surface area contributed by atoms with Crippen molar-refractivity contribution in [2.45, 2.75) is 141 Å². The Kier molecular flexibility index (Phi) is 8.79. The summed E-state index contributed by atoms with van der Waals surface area (Å²) in [6.45, 7) is 12.4. The van der Waals surface area contributed by atoms with Crippen LogP contribution < -0.4 is 10.6 Å². The molecule has 1 aromatic rings. The number of fused-ring (bicyclic) bond motifs is 6. The lowest BCUT2D eigenvalue weighted by molar-refractivity contribution is -0.135. The molecule has 5 aliphatic carbocycles. The van der Waals surface area contributed by atoms with Crippen molar-refractivity contribution in [3.8, 4) is 0 Å². The van der Waals surface area contributed by atoms with Crippen molar-refractivity contribution in [2.75, 3.05) is 26.2 Å². The van der Waals surface area contributed by atoms with Crippen molar-refractivity contribution < 1.29 is 9.47 Å². The van der Waals surface area contributed by atoms with Gasteiger partial charge in [0, 0.05) is 18.6 Å². The molecule has 2 aliphatic heterocycles. The van der Waals surface area contributed by atoms with Crippen molar-refractivity contribution >= 4 is 0 Å². The Hall–Kier alpha value is -0.980. The van der Waals surface area contributed by atoms with Gasteiger partial charge in [0.15, 0.2) is 0 Å². The van der Waals surface area contributed by atoms with Crippen molar-refractivity contribution in [2.24, 2.45) is 29.1 Å².